The van der Waals surface area contributed by atoms with Crippen molar-refractivity contribution in [2.24, 2.45) is 0 Å². The molecule has 2 fully saturated rings. The van der Waals surface area contributed by atoms with Gasteiger partial charge in [-0.15, -0.1) is 0 Å². The first kappa shape index (κ1) is 17.8. The lowest BCUT2D eigenvalue weighted by Gasteiger charge is -2.37. The van der Waals surface area contributed by atoms with E-state index in [0.29, 0.717) is 50.2 Å². The Morgan fingerprint density at radius 3 is 2.65 bits per heavy atom. The van der Waals surface area contributed by atoms with Gasteiger partial charge in [-0.2, -0.15) is 8.75 Å². The number of piperidine rings is 1. The Bertz CT molecular complexity index is 911. The number of hydrogen-bond acceptors (Lipinski definition) is 8. The molecule has 3 heterocycles. The van der Waals surface area contributed by atoms with Crippen LogP contribution in [0.15, 0.2) is 23.1 Å². The fourth-order valence-electron chi connectivity index (χ4n) is 3.40. The van der Waals surface area contributed by atoms with E-state index < -0.39 is 15.6 Å². The van der Waals surface area contributed by atoms with Gasteiger partial charge >= 0.3 is 0 Å². The first-order valence-corrected chi connectivity index (χ1v) is 10.9. The highest BCUT2D eigenvalue weighted by atomic mass is 32.2. The molecule has 0 aliphatic carbocycles. The summed E-state index contributed by atoms with van der Waals surface area (Å²) in [7, 11) is -3.61. The van der Waals surface area contributed by atoms with E-state index in [1.165, 1.54) is 6.07 Å². The summed E-state index contributed by atoms with van der Waals surface area (Å²) in [6, 6.07) is 4.88. The highest BCUT2D eigenvalue weighted by molar-refractivity contribution is 7.91. The molecule has 0 bridgehead atoms. The lowest BCUT2D eigenvalue weighted by Crippen LogP contribution is -2.47. The smallest absolute Gasteiger partial charge is 0.223 e. The molecule has 26 heavy (non-hydrogen) atoms. The Morgan fingerprint density at radius 2 is 1.92 bits per heavy atom. The minimum absolute atomic E-state index is 0.0506. The van der Waals surface area contributed by atoms with Crippen LogP contribution in [0.1, 0.15) is 19.3 Å². The van der Waals surface area contributed by atoms with Gasteiger partial charge in [0, 0.05) is 32.4 Å². The van der Waals surface area contributed by atoms with Gasteiger partial charge in [-0.25, -0.2) is 8.42 Å². The Morgan fingerprint density at radius 1 is 1.19 bits per heavy atom. The normalized spacial score (nSPS) is 20.1. The van der Waals surface area contributed by atoms with E-state index >= 15 is 0 Å². The standard InChI is InChI=1S/C16H19N3O5S2/c20-14(19-7-5-16(6-8-19)23-9-10-24-16)4-11-26(21,22)13-3-1-2-12-15(13)18-25-17-12/h1-3H,4-11H2. The molecule has 140 valence electrons. The molecule has 4 rings (SSSR count). The molecule has 1 spiro atoms. The number of hydrogen-bond donors (Lipinski definition) is 0. The van der Waals surface area contributed by atoms with E-state index in [1.54, 1.807) is 17.0 Å². The molecule has 2 saturated heterocycles. The van der Waals surface area contributed by atoms with E-state index in [1.807, 2.05) is 0 Å². The summed E-state index contributed by atoms with van der Waals surface area (Å²) in [5, 5.41) is 0. The van der Waals surface area contributed by atoms with E-state index in [-0.39, 0.29) is 23.0 Å². The maximum atomic E-state index is 12.7. The third kappa shape index (κ3) is 3.34. The number of likely N-dealkylation sites (tertiary alicyclic amines) is 1. The minimum Gasteiger partial charge on any atom is -0.347 e. The first-order valence-electron chi connectivity index (χ1n) is 8.49. The summed E-state index contributed by atoms with van der Waals surface area (Å²) in [6.45, 7) is 2.21. The molecule has 1 aromatic carbocycles. The predicted molar refractivity (Wildman–Crippen MR) is 94.5 cm³/mol. The zero-order valence-corrected chi connectivity index (χ0v) is 15.7. The Labute approximate surface area is 155 Å². The van der Waals surface area contributed by atoms with Gasteiger partial charge in [0.25, 0.3) is 0 Å². The second-order valence-electron chi connectivity index (χ2n) is 6.45. The van der Waals surface area contributed by atoms with Crippen LogP contribution in [-0.4, -0.2) is 65.8 Å². The minimum atomic E-state index is -3.61. The van der Waals surface area contributed by atoms with Crippen LogP contribution in [0.3, 0.4) is 0 Å². The van der Waals surface area contributed by atoms with Crippen molar-refractivity contribution in [3.8, 4) is 0 Å². The van der Waals surface area contributed by atoms with Crippen molar-refractivity contribution in [3.63, 3.8) is 0 Å². The van der Waals surface area contributed by atoms with Crippen LogP contribution in [0.4, 0.5) is 0 Å². The summed E-state index contributed by atoms with van der Waals surface area (Å²) >= 11 is 0.976. The van der Waals surface area contributed by atoms with E-state index in [0.717, 1.165) is 11.7 Å². The van der Waals surface area contributed by atoms with Crippen LogP contribution < -0.4 is 0 Å². The molecule has 0 atom stereocenters. The number of ether oxygens (including phenoxy) is 2. The highest BCUT2D eigenvalue weighted by Crippen LogP contribution is 2.31. The number of aromatic nitrogens is 2. The molecule has 1 amide bonds. The Kier molecular flexibility index (Phi) is 4.68. The summed E-state index contributed by atoms with van der Waals surface area (Å²) in [5.41, 5.74) is 0.931. The van der Waals surface area contributed by atoms with Gasteiger partial charge in [0.2, 0.25) is 5.91 Å². The molecule has 2 aromatic rings. The Balaban J connectivity index is 1.39. The van der Waals surface area contributed by atoms with Crippen molar-refractivity contribution in [1.82, 2.24) is 13.6 Å². The second-order valence-corrected chi connectivity index (χ2v) is 9.05. The summed E-state index contributed by atoms with van der Waals surface area (Å²) in [6.07, 6.45) is 1.19. The molecule has 10 heteroatoms. The summed E-state index contributed by atoms with van der Waals surface area (Å²) in [5.74, 6) is -0.947. The molecule has 1 aromatic heterocycles. The van der Waals surface area contributed by atoms with Gasteiger partial charge < -0.3 is 14.4 Å². The van der Waals surface area contributed by atoms with Crippen LogP contribution in [0.5, 0.6) is 0 Å². The molecular formula is C16H19N3O5S2. The van der Waals surface area contributed by atoms with Crippen molar-refractivity contribution in [2.75, 3.05) is 32.1 Å². The number of fused-ring (bicyclic) bond motifs is 1. The predicted octanol–water partition coefficient (Wildman–Crippen LogP) is 1.22. The lowest BCUT2D eigenvalue weighted by molar-refractivity contribution is -0.187. The highest BCUT2D eigenvalue weighted by Gasteiger charge is 2.40. The van der Waals surface area contributed by atoms with Crippen LogP contribution in [-0.2, 0) is 24.1 Å². The maximum absolute atomic E-state index is 12.7. The average Bonchev–Trinajstić information content (AvgIpc) is 3.29. The van der Waals surface area contributed by atoms with E-state index in [2.05, 4.69) is 8.75 Å². The maximum Gasteiger partial charge on any atom is 0.223 e. The number of amides is 1. The average molecular weight is 397 g/mol. The molecule has 2 aliphatic rings. The van der Waals surface area contributed by atoms with Gasteiger partial charge in [-0.05, 0) is 12.1 Å². The number of carbonyl (C=O) groups excluding carboxylic acids is 1. The monoisotopic (exact) mass is 397 g/mol. The summed E-state index contributed by atoms with van der Waals surface area (Å²) in [4.78, 5) is 14.3. The molecule has 8 nitrogen and oxygen atoms in total. The van der Waals surface area contributed by atoms with Gasteiger partial charge in [-0.3, -0.25) is 4.79 Å². The summed E-state index contributed by atoms with van der Waals surface area (Å²) < 4.78 is 44.8. The van der Waals surface area contributed by atoms with Gasteiger partial charge in [0.1, 0.15) is 11.0 Å². The van der Waals surface area contributed by atoms with E-state index in [4.69, 9.17) is 9.47 Å². The fraction of sp³-hybridized carbons (Fsp3) is 0.562. The van der Waals surface area contributed by atoms with Crippen molar-refractivity contribution < 1.29 is 22.7 Å². The zero-order chi connectivity index (χ0) is 18.2. The molecule has 0 N–H and O–H groups in total. The number of rotatable bonds is 4. The topological polar surface area (TPSA) is 98.7 Å². The van der Waals surface area contributed by atoms with Crippen molar-refractivity contribution >= 4 is 38.5 Å². The van der Waals surface area contributed by atoms with Crippen LogP contribution >= 0.6 is 11.7 Å². The van der Waals surface area contributed by atoms with Gasteiger partial charge in [0.15, 0.2) is 15.6 Å². The molecule has 2 aliphatic heterocycles. The lowest BCUT2D eigenvalue weighted by atomic mass is 10.0. The van der Waals surface area contributed by atoms with Crippen molar-refractivity contribution in [2.45, 2.75) is 29.9 Å². The number of nitrogens with zero attached hydrogens (tertiary/aromatic N) is 3. The first-order chi connectivity index (χ1) is 12.5. The molecular weight excluding hydrogens is 378 g/mol. The number of carbonyl (C=O) groups is 1. The molecule has 0 saturated carbocycles. The van der Waals surface area contributed by atoms with Crippen LogP contribution in [0, 0.1) is 0 Å². The number of benzene rings is 1. The quantitative estimate of drug-likeness (QED) is 0.765. The third-order valence-electron chi connectivity index (χ3n) is 4.86. The van der Waals surface area contributed by atoms with Gasteiger partial charge in [-0.1, -0.05) is 6.07 Å². The van der Waals surface area contributed by atoms with E-state index in [9.17, 15) is 13.2 Å². The van der Waals surface area contributed by atoms with Crippen molar-refractivity contribution in [1.29, 1.82) is 0 Å². The largest absolute Gasteiger partial charge is 0.347 e. The third-order valence-corrected chi connectivity index (χ3v) is 7.14. The SMILES string of the molecule is O=C(CCS(=O)(=O)c1cccc2nsnc12)N1CCC2(CC1)OCCO2. The molecule has 0 radical (unpaired) electrons. The zero-order valence-electron chi connectivity index (χ0n) is 14.1. The second kappa shape index (κ2) is 6.84. The van der Waals surface area contributed by atoms with Gasteiger partial charge in [0.05, 0.1) is 35.6 Å². The van der Waals surface area contributed by atoms with Crippen molar-refractivity contribution in [3.05, 3.63) is 18.2 Å². The van der Waals surface area contributed by atoms with Crippen LogP contribution in [0.2, 0.25) is 0 Å². The fourth-order valence-corrected chi connectivity index (χ4v) is 5.41. The van der Waals surface area contributed by atoms with Crippen LogP contribution in [0.25, 0.3) is 11.0 Å². The Hall–Kier alpha value is -1.62. The molecule has 0 unspecified atom stereocenters. The number of sulfone groups is 1.